The van der Waals surface area contributed by atoms with Crippen LogP contribution < -0.4 is 15.4 Å². The maximum atomic E-state index is 13.4. The predicted molar refractivity (Wildman–Crippen MR) is 86.9 cm³/mol. The van der Waals surface area contributed by atoms with E-state index in [1.807, 2.05) is 5.32 Å². The molecule has 3 amide bonds. The van der Waals surface area contributed by atoms with Gasteiger partial charge in [-0.3, -0.25) is 10.1 Å². The molecule has 0 heterocycles. The van der Waals surface area contributed by atoms with Crippen LogP contribution in [0.15, 0.2) is 48.5 Å². The van der Waals surface area contributed by atoms with Crippen molar-refractivity contribution in [2.75, 3.05) is 11.9 Å². The van der Waals surface area contributed by atoms with E-state index in [0.29, 0.717) is 0 Å². The number of para-hydroxylation sites is 1. The highest BCUT2D eigenvalue weighted by atomic mass is 19.3. The fraction of sp³-hybridized carbons (Fsp3) is 0.118. The van der Waals surface area contributed by atoms with Crippen LogP contribution in [0, 0.1) is 5.82 Å². The zero-order chi connectivity index (χ0) is 19.8. The molecule has 0 unspecified atom stereocenters. The number of hydrogen-bond donors (Lipinski definition) is 2. The molecule has 2 rings (SSSR count). The molecule has 0 spiro atoms. The molecule has 0 aromatic heterocycles. The molecule has 0 atom stereocenters. The Kier molecular flexibility index (Phi) is 6.75. The van der Waals surface area contributed by atoms with Crippen molar-refractivity contribution in [3.05, 3.63) is 59.9 Å². The van der Waals surface area contributed by atoms with E-state index in [1.54, 1.807) is 0 Å². The molecule has 10 heteroatoms. The summed E-state index contributed by atoms with van der Waals surface area (Å²) in [6.07, 6.45) is 0. The van der Waals surface area contributed by atoms with Crippen molar-refractivity contribution < 1.29 is 37.0 Å². The van der Waals surface area contributed by atoms with E-state index in [9.17, 15) is 27.6 Å². The molecule has 0 aliphatic rings. The Morgan fingerprint density at radius 1 is 1.00 bits per heavy atom. The van der Waals surface area contributed by atoms with E-state index in [0.717, 1.165) is 18.2 Å². The van der Waals surface area contributed by atoms with Crippen LogP contribution in [0.5, 0.6) is 5.75 Å². The van der Waals surface area contributed by atoms with Gasteiger partial charge in [-0.05, 0) is 36.4 Å². The third kappa shape index (κ3) is 6.34. The van der Waals surface area contributed by atoms with Gasteiger partial charge < -0.3 is 14.8 Å². The van der Waals surface area contributed by atoms with Crippen LogP contribution in [0.3, 0.4) is 0 Å². The lowest BCUT2D eigenvalue weighted by Gasteiger charge is -2.08. The third-order valence-corrected chi connectivity index (χ3v) is 3.02. The first-order chi connectivity index (χ1) is 12.8. The van der Waals surface area contributed by atoms with Crippen LogP contribution in [0.1, 0.15) is 10.4 Å². The first-order valence-electron chi connectivity index (χ1n) is 7.42. The van der Waals surface area contributed by atoms with Gasteiger partial charge >= 0.3 is 18.6 Å². The second-order valence-corrected chi connectivity index (χ2v) is 4.96. The molecule has 0 bridgehead atoms. The standard InChI is InChI=1S/C17H13F3N2O5/c18-12-3-1-2-4-13(12)21-17(25)22-14(23)9-26-15(24)10-5-7-11(8-6-10)27-16(19)20/h1-8,16H,9H2,(H2,21,22,23,25). The lowest BCUT2D eigenvalue weighted by molar-refractivity contribution is -0.123. The molecule has 142 valence electrons. The van der Waals surface area contributed by atoms with Gasteiger partial charge in [0.25, 0.3) is 5.91 Å². The van der Waals surface area contributed by atoms with Crippen LogP contribution in [0.2, 0.25) is 0 Å². The topological polar surface area (TPSA) is 93.7 Å². The van der Waals surface area contributed by atoms with E-state index >= 15 is 0 Å². The van der Waals surface area contributed by atoms with E-state index in [1.165, 1.54) is 30.3 Å². The van der Waals surface area contributed by atoms with Crippen molar-refractivity contribution >= 4 is 23.6 Å². The second-order valence-electron chi connectivity index (χ2n) is 4.96. The Morgan fingerprint density at radius 2 is 1.67 bits per heavy atom. The molecule has 0 aliphatic heterocycles. The van der Waals surface area contributed by atoms with Gasteiger partial charge in [0, 0.05) is 0 Å². The summed E-state index contributed by atoms with van der Waals surface area (Å²) in [6, 6.07) is 8.92. The molecule has 0 radical (unpaired) electrons. The summed E-state index contributed by atoms with van der Waals surface area (Å²) in [5, 5.41) is 3.98. The number of urea groups is 1. The van der Waals surface area contributed by atoms with Crippen LogP contribution in [-0.2, 0) is 9.53 Å². The van der Waals surface area contributed by atoms with E-state index in [2.05, 4.69) is 10.1 Å². The van der Waals surface area contributed by atoms with Gasteiger partial charge in [0.2, 0.25) is 0 Å². The van der Waals surface area contributed by atoms with Gasteiger partial charge in [-0.2, -0.15) is 8.78 Å². The Morgan fingerprint density at radius 3 is 2.30 bits per heavy atom. The van der Waals surface area contributed by atoms with Crippen LogP contribution in [-0.4, -0.2) is 31.1 Å². The zero-order valence-corrected chi connectivity index (χ0v) is 13.6. The van der Waals surface area contributed by atoms with E-state index < -0.39 is 36.9 Å². The number of amides is 3. The molecule has 0 fully saturated rings. The second kappa shape index (κ2) is 9.22. The number of esters is 1. The molecule has 0 aliphatic carbocycles. The molecule has 2 aromatic rings. The number of benzene rings is 2. The number of hydrogen-bond acceptors (Lipinski definition) is 5. The average Bonchev–Trinajstić information content (AvgIpc) is 2.61. The molecular weight excluding hydrogens is 369 g/mol. The van der Waals surface area contributed by atoms with Gasteiger partial charge in [0.15, 0.2) is 6.61 Å². The number of alkyl halides is 2. The van der Waals surface area contributed by atoms with Crippen LogP contribution in [0.25, 0.3) is 0 Å². The Labute approximate surface area is 151 Å². The van der Waals surface area contributed by atoms with Crippen molar-refractivity contribution in [3.63, 3.8) is 0 Å². The third-order valence-electron chi connectivity index (χ3n) is 3.02. The van der Waals surface area contributed by atoms with Crippen molar-refractivity contribution in [3.8, 4) is 5.75 Å². The molecule has 2 N–H and O–H groups in total. The number of anilines is 1. The highest BCUT2D eigenvalue weighted by molar-refractivity contribution is 6.02. The van der Waals surface area contributed by atoms with Gasteiger partial charge in [0.1, 0.15) is 11.6 Å². The number of halogens is 3. The largest absolute Gasteiger partial charge is 0.452 e. The number of nitrogens with one attached hydrogen (secondary N) is 2. The zero-order valence-electron chi connectivity index (χ0n) is 13.6. The first-order valence-corrected chi connectivity index (χ1v) is 7.42. The summed E-state index contributed by atoms with van der Waals surface area (Å²) in [5.74, 6) is -2.70. The quantitative estimate of drug-likeness (QED) is 0.750. The van der Waals surface area contributed by atoms with Gasteiger partial charge in [-0.25, -0.2) is 14.0 Å². The Hall–Kier alpha value is -3.56. The maximum Gasteiger partial charge on any atom is 0.387 e. The smallest absolute Gasteiger partial charge is 0.387 e. The molecule has 0 saturated heterocycles. The van der Waals surface area contributed by atoms with Crippen molar-refractivity contribution in [2.45, 2.75) is 6.61 Å². The summed E-state index contributed by atoms with van der Waals surface area (Å²) in [4.78, 5) is 34.9. The summed E-state index contributed by atoms with van der Waals surface area (Å²) >= 11 is 0. The lowest BCUT2D eigenvalue weighted by atomic mass is 10.2. The number of ether oxygens (including phenoxy) is 2. The summed E-state index contributed by atoms with van der Waals surface area (Å²) in [6.45, 7) is -3.78. The highest BCUT2D eigenvalue weighted by Gasteiger charge is 2.14. The van der Waals surface area contributed by atoms with Crippen molar-refractivity contribution in [2.24, 2.45) is 0 Å². The van der Waals surface area contributed by atoms with Crippen LogP contribution in [0.4, 0.5) is 23.7 Å². The maximum absolute atomic E-state index is 13.4. The number of rotatable bonds is 6. The minimum atomic E-state index is -3.00. The molecular formula is C17H13F3N2O5. The van der Waals surface area contributed by atoms with E-state index in [-0.39, 0.29) is 17.0 Å². The summed E-state index contributed by atoms with van der Waals surface area (Å²) in [5.41, 5.74) is -0.147. The predicted octanol–water partition coefficient (Wildman–Crippen LogP) is 2.93. The number of carbonyl (C=O) groups is 3. The molecule has 2 aromatic carbocycles. The number of carbonyl (C=O) groups excluding carboxylic acids is 3. The van der Waals surface area contributed by atoms with Gasteiger partial charge in [-0.15, -0.1) is 0 Å². The summed E-state index contributed by atoms with van der Waals surface area (Å²) in [7, 11) is 0. The summed E-state index contributed by atoms with van der Waals surface area (Å²) < 4.78 is 46.3. The van der Waals surface area contributed by atoms with Gasteiger partial charge in [0.05, 0.1) is 11.3 Å². The minimum Gasteiger partial charge on any atom is -0.452 e. The lowest BCUT2D eigenvalue weighted by Crippen LogP contribution is -2.37. The number of imide groups is 1. The Balaban J connectivity index is 1.80. The fourth-order valence-electron chi connectivity index (χ4n) is 1.87. The SMILES string of the molecule is O=C(COC(=O)c1ccc(OC(F)F)cc1)NC(=O)Nc1ccccc1F. The monoisotopic (exact) mass is 382 g/mol. The molecule has 27 heavy (non-hydrogen) atoms. The fourth-order valence-corrected chi connectivity index (χ4v) is 1.87. The highest BCUT2D eigenvalue weighted by Crippen LogP contribution is 2.15. The first kappa shape index (κ1) is 19.8. The van der Waals surface area contributed by atoms with Crippen molar-refractivity contribution in [1.82, 2.24) is 5.32 Å². The minimum absolute atomic E-state index is 0.0137. The van der Waals surface area contributed by atoms with Crippen LogP contribution >= 0.6 is 0 Å². The molecule has 7 nitrogen and oxygen atoms in total. The Bertz CT molecular complexity index is 828. The average molecular weight is 382 g/mol. The van der Waals surface area contributed by atoms with E-state index in [4.69, 9.17) is 4.74 Å². The normalized spacial score (nSPS) is 10.2. The van der Waals surface area contributed by atoms with Crippen molar-refractivity contribution in [1.29, 1.82) is 0 Å². The van der Waals surface area contributed by atoms with Gasteiger partial charge in [-0.1, -0.05) is 12.1 Å². The molecule has 0 saturated carbocycles.